The van der Waals surface area contributed by atoms with Crippen molar-refractivity contribution >= 4 is 5.97 Å². The van der Waals surface area contributed by atoms with E-state index < -0.39 is 0 Å². The van der Waals surface area contributed by atoms with Crippen LogP contribution in [0.15, 0.2) is 24.8 Å². The molecule has 2 nitrogen and oxygen atoms in total. The molecule has 0 heterocycles. The lowest BCUT2D eigenvalue weighted by Gasteiger charge is -2.08. The van der Waals surface area contributed by atoms with Crippen LogP contribution in [0.5, 0.6) is 0 Å². The van der Waals surface area contributed by atoms with Crippen molar-refractivity contribution in [3.05, 3.63) is 24.8 Å². The van der Waals surface area contributed by atoms with Gasteiger partial charge in [-0.05, 0) is 26.2 Å². The molecule has 0 aliphatic carbocycles. The third-order valence-electron chi connectivity index (χ3n) is 1.74. The Kier molecular flexibility index (Phi) is 6.98. The molecule has 0 saturated heterocycles. The molecule has 0 rings (SSSR count). The monoisotopic (exact) mass is 182 g/mol. The highest BCUT2D eigenvalue weighted by Crippen LogP contribution is 2.11. The van der Waals surface area contributed by atoms with Crippen LogP contribution in [0.2, 0.25) is 0 Å². The molecule has 0 radical (unpaired) electrons. The molecule has 0 fully saturated rings. The SMILES string of the molecule is C=CC(C/C=C/C)CC(=O)OCC. The smallest absolute Gasteiger partial charge is 0.306 e. The molecule has 1 unspecified atom stereocenters. The Morgan fingerprint density at radius 2 is 2.31 bits per heavy atom. The van der Waals surface area contributed by atoms with Crippen LogP contribution in [0.4, 0.5) is 0 Å². The molecule has 1 atom stereocenters. The number of hydrogen-bond donors (Lipinski definition) is 0. The van der Waals surface area contributed by atoms with E-state index in [-0.39, 0.29) is 11.9 Å². The van der Waals surface area contributed by atoms with Gasteiger partial charge in [0.05, 0.1) is 13.0 Å². The minimum absolute atomic E-state index is 0.142. The molecule has 0 aromatic heterocycles. The summed E-state index contributed by atoms with van der Waals surface area (Å²) in [5.74, 6) is 0.0622. The minimum atomic E-state index is -0.142. The standard InChI is InChI=1S/C11H18O2/c1-4-7-8-10(5-2)9-11(12)13-6-3/h4-5,7,10H,2,6,8-9H2,1,3H3/b7-4+. The lowest BCUT2D eigenvalue weighted by Crippen LogP contribution is -2.09. The Balaban J connectivity index is 3.82. The molecule has 0 aromatic rings. The third-order valence-corrected chi connectivity index (χ3v) is 1.74. The zero-order valence-corrected chi connectivity index (χ0v) is 8.45. The first-order chi connectivity index (χ1) is 6.24. The number of hydrogen-bond acceptors (Lipinski definition) is 2. The van der Waals surface area contributed by atoms with Crippen LogP contribution in [-0.4, -0.2) is 12.6 Å². The van der Waals surface area contributed by atoms with Crippen molar-refractivity contribution in [2.45, 2.75) is 26.7 Å². The Morgan fingerprint density at radius 3 is 2.77 bits per heavy atom. The number of rotatable bonds is 6. The fourth-order valence-electron chi connectivity index (χ4n) is 1.01. The second kappa shape index (κ2) is 7.59. The van der Waals surface area contributed by atoms with E-state index in [2.05, 4.69) is 6.58 Å². The summed E-state index contributed by atoms with van der Waals surface area (Å²) in [6, 6.07) is 0. The van der Waals surface area contributed by atoms with Gasteiger partial charge in [0.15, 0.2) is 0 Å². The predicted molar refractivity (Wildman–Crippen MR) is 54.4 cm³/mol. The van der Waals surface area contributed by atoms with Crippen LogP contribution in [0.3, 0.4) is 0 Å². The number of esters is 1. The largest absolute Gasteiger partial charge is 0.466 e. The zero-order valence-electron chi connectivity index (χ0n) is 8.45. The van der Waals surface area contributed by atoms with Gasteiger partial charge in [-0.1, -0.05) is 18.2 Å². The van der Waals surface area contributed by atoms with Gasteiger partial charge in [0.25, 0.3) is 0 Å². The molecule has 0 N–H and O–H groups in total. The van der Waals surface area contributed by atoms with Crippen molar-refractivity contribution in [3.8, 4) is 0 Å². The average molecular weight is 182 g/mol. The van der Waals surface area contributed by atoms with Crippen molar-refractivity contribution < 1.29 is 9.53 Å². The van der Waals surface area contributed by atoms with Gasteiger partial charge >= 0.3 is 5.97 Å². The molecule has 0 spiro atoms. The maximum absolute atomic E-state index is 11.1. The Hall–Kier alpha value is -1.05. The third kappa shape index (κ3) is 6.14. The van der Waals surface area contributed by atoms with Crippen LogP contribution in [0.25, 0.3) is 0 Å². The maximum Gasteiger partial charge on any atom is 0.306 e. The molecule has 74 valence electrons. The summed E-state index contributed by atoms with van der Waals surface area (Å²) in [4.78, 5) is 11.1. The number of carbonyl (C=O) groups excluding carboxylic acids is 1. The fraction of sp³-hybridized carbons (Fsp3) is 0.545. The van der Waals surface area contributed by atoms with E-state index in [1.54, 1.807) is 6.08 Å². The van der Waals surface area contributed by atoms with Crippen molar-refractivity contribution in [3.63, 3.8) is 0 Å². The van der Waals surface area contributed by atoms with Gasteiger partial charge < -0.3 is 4.74 Å². The van der Waals surface area contributed by atoms with E-state index in [1.807, 2.05) is 26.0 Å². The number of allylic oxidation sites excluding steroid dienone is 3. The second-order valence-electron chi connectivity index (χ2n) is 2.81. The van der Waals surface area contributed by atoms with Crippen LogP contribution in [0, 0.1) is 5.92 Å². The van der Waals surface area contributed by atoms with E-state index in [0.717, 1.165) is 6.42 Å². The lowest BCUT2D eigenvalue weighted by molar-refractivity contribution is -0.143. The molecule has 0 aromatic carbocycles. The van der Waals surface area contributed by atoms with E-state index >= 15 is 0 Å². The summed E-state index contributed by atoms with van der Waals surface area (Å²) in [6.07, 6.45) is 7.10. The summed E-state index contributed by atoms with van der Waals surface area (Å²) in [6.45, 7) is 7.91. The molecular weight excluding hydrogens is 164 g/mol. The number of carbonyl (C=O) groups is 1. The van der Waals surface area contributed by atoms with Gasteiger partial charge in [0, 0.05) is 0 Å². The first-order valence-electron chi connectivity index (χ1n) is 4.63. The van der Waals surface area contributed by atoms with Crippen molar-refractivity contribution in [2.75, 3.05) is 6.61 Å². The molecule has 0 bridgehead atoms. The fourth-order valence-corrected chi connectivity index (χ4v) is 1.01. The van der Waals surface area contributed by atoms with Crippen LogP contribution < -0.4 is 0 Å². The lowest BCUT2D eigenvalue weighted by atomic mass is 10.0. The molecule has 13 heavy (non-hydrogen) atoms. The topological polar surface area (TPSA) is 26.3 Å². The molecule has 2 heteroatoms. The highest BCUT2D eigenvalue weighted by Gasteiger charge is 2.09. The second-order valence-corrected chi connectivity index (χ2v) is 2.81. The maximum atomic E-state index is 11.1. The van der Waals surface area contributed by atoms with Crippen LogP contribution >= 0.6 is 0 Å². The number of ether oxygens (including phenoxy) is 1. The van der Waals surface area contributed by atoms with E-state index in [0.29, 0.717) is 13.0 Å². The van der Waals surface area contributed by atoms with E-state index in [9.17, 15) is 4.79 Å². The molecule has 0 amide bonds. The first kappa shape index (κ1) is 11.9. The van der Waals surface area contributed by atoms with Crippen LogP contribution in [0.1, 0.15) is 26.7 Å². The summed E-state index contributed by atoms with van der Waals surface area (Å²) >= 11 is 0. The summed E-state index contributed by atoms with van der Waals surface area (Å²) in [5.41, 5.74) is 0. The van der Waals surface area contributed by atoms with E-state index in [1.165, 1.54) is 0 Å². The normalized spacial score (nSPS) is 12.8. The molecular formula is C11H18O2. The molecule has 0 saturated carbocycles. The van der Waals surface area contributed by atoms with Crippen molar-refractivity contribution in [1.29, 1.82) is 0 Å². The summed E-state index contributed by atoms with van der Waals surface area (Å²) in [7, 11) is 0. The molecule has 0 aliphatic heterocycles. The summed E-state index contributed by atoms with van der Waals surface area (Å²) < 4.78 is 4.84. The highest BCUT2D eigenvalue weighted by molar-refractivity contribution is 5.69. The Labute approximate surface area is 80.3 Å². The van der Waals surface area contributed by atoms with Gasteiger partial charge in [-0.15, -0.1) is 6.58 Å². The minimum Gasteiger partial charge on any atom is -0.466 e. The van der Waals surface area contributed by atoms with Crippen LogP contribution in [-0.2, 0) is 9.53 Å². The van der Waals surface area contributed by atoms with Gasteiger partial charge in [-0.25, -0.2) is 0 Å². The van der Waals surface area contributed by atoms with Gasteiger partial charge in [0.1, 0.15) is 0 Å². The molecule has 0 aliphatic rings. The zero-order chi connectivity index (χ0) is 10.1. The highest BCUT2D eigenvalue weighted by atomic mass is 16.5. The van der Waals surface area contributed by atoms with Crippen molar-refractivity contribution in [2.24, 2.45) is 5.92 Å². The van der Waals surface area contributed by atoms with E-state index in [4.69, 9.17) is 4.74 Å². The Morgan fingerprint density at radius 1 is 1.62 bits per heavy atom. The van der Waals surface area contributed by atoms with Crippen molar-refractivity contribution in [1.82, 2.24) is 0 Å². The van der Waals surface area contributed by atoms with Gasteiger partial charge in [0.2, 0.25) is 0 Å². The Bertz CT molecular complexity index is 183. The van der Waals surface area contributed by atoms with Gasteiger partial charge in [-0.2, -0.15) is 0 Å². The predicted octanol–water partition coefficient (Wildman–Crippen LogP) is 2.71. The quantitative estimate of drug-likeness (QED) is 0.466. The van der Waals surface area contributed by atoms with Gasteiger partial charge in [-0.3, -0.25) is 4.79 Å². The average Bonchev–Trinajstić information content (AvgIpc) is 2.12. The summed E-state index contributed by atoms with van der Waals surface area (Å²) in [5, 5.41) is 0. The first-order valence-corrected chi connectivity index (χ1v) is 4.63.